The molecule has 0 bridgehead atoms. The minimum Gasteiger partial charge on any atom is -0.310 e. The van der Waals surface area contributed by atoms with Crippen molar-refractivity contribution in [3.8, 4) is 6.07 Å². The Bertz CT molecular complexity index is 3400. The third-order valence-corrected chi connectivity index (χ3v) is 12.6. The summed E-state index contributed by atoms with van der Waals surface area (Å²) in [7, 11) is 0. The van der Waals surface area contributed by atoms with E-state index >= 15 is 0 Å². The molecule has 0 fully saturated rings. The number of fused-ring (bicyclic) bond motifs is 4. The fraction of sp³-hybridized carbons (Fsp3) is 0. The van der Waals surface area contributed by atoms with Gasteiger partial charge < -0.3 is 9.80 Å². The number of allylic oxidation sites excluding steroid dienone is 1. The topological polar surface area (TPSA) is 34.6 Å². The number of benzene rings is 11. The molecule has 0 amide bonds. The second-order valence-electron chi connectivity index (χ2n) is 16.9. The molecule has 0 aliphatic heterocycles. The largest absolute Gasteiger partial charge is 0.310 e. The summed E-state index contributed by atoms with van der Waals surface area (Å²) < 4.78 is 0. The lowest BCUT2D eigenvalue weighted by atomic mass is 10.0. The van der Waals surface area contributed by atoms with Crippen LogP contribution in [0.2, 0.25) is 0 Å². The van der Waals surface area contributed by atoms with E-state index in [2.05, 4.69) is 215 Å². The van der Waals surface area contributed by atoms with Crippen molar-refractivity contribution in [2.45, 2.75) is 0 Å². The zero-order valence-electron chi connectivity index (χ0n) is 37.0. The van der Waals surface area contributed by atoms with E-state index in [1.165, 1.54) is 43.1 Å². The molecule has 0 heterocycles. The molecule has 0 saturated carbocycles. The summed E-state index contributed by atoms with van der Waals surface area (Å²) in [6, 6.07) is 86.7. The summed E-state index contributed by atoms with van der Waals surface area (Å²) in [6.07, 6.45) is 3.83. The first kappa shape index (κ1) is 41.2. The van der Waals surface area contributed by atoms with Crippen molar-refractivity contribution in [3.63, 3.8) is 0 Å². The minimum atomic E-state index is 0.544. The maximum Gasteiger partial charge on any atom is 0.194 e. The van der Waals surface area contributed by atoms with E-state index < -0.39 is 0 Å². The van der Waals surface area contributed by atoms with Crippen LogP contribution in [-0.4, -0.2) is 0 Å². The van der Waals surface area contributed by atoms with Gasteiger partial charge in [0.15, 0.2) is 5.70 Å². The maximum atomic E-state index is 10.4. The SMILES string of the molecule is [C-]#[N+]C(=Cc1ccc(C=C(C#N)c2ccc(N(c3ccc4ccccc4c3)c3ccc4ccccc4c3)cc2)cc1)c1ccc(N(c2ccc3ccccc3c2)c2ccc3ccccc3c2)cc1. The van der Waals surface area contributed by atoms with E-state index in [0.29, 0.717) is 11.3 Å². The number of anilines is 6. The molecule has 0 spiro atoms. The lowest BCUT2D eigenvalue weighted by molar-refractivity contribution is 1.29. The molecule has 11 aromatic rings. The van der Waals surface area contributed by atoms with Crippen LogP contribution in [-0.2, 0) is 0 Å². The van der Waals surface area contributed by atoms with Gasteiger partial charge >= 0.3 is 0 Å². The van der Waals surface area contributed by atoms with Gasteiger partial charge in [-0.2, -0.15) is 5.26 Å². The van der Waals surface area contributed by atoms with Gasteiger partial charge in [0.1, 0.15) is 0 Å². The first-order valence-corrected chi connectivity index (χ1v) is 22.6. The van der Waals surface area contributed by atoms with E-state index in [4.69, 9.17) is 6.57 Å². The molecule has 0 radical (unpaired) electrons. The van der Waals surface area contributed by atoms with Crippen LogP contribution in [0.4, 0.5) is 34.1 Å². The van der Waals surface area contributed by atoms with Crippen molar-refractivity contribution in [2.24, 2.45) is 0 Å². The Morgan fingerprint density at radius 2 is 0.662 bits per heavy atom. The predicted molar refractivity (Wildman–Crippen MR) is 287 cm³/mol. The molecule has 318 valence electrons. The maximum absolute atomic E-state index is 10.4. The molecule has 11 aromatic carbocycles. The third-order valence-electron chi connectivity index (χ3n) is 12.6. The monoisotopic (exact) mass is 866 g/mol. The van der Waals surface area contributed by atoms with Crippen molar-refractivity contribution >= 4 is 101 Å². The summed E-state index contributed by atoms with van der Waals surface area (Å²) >= 11 is 0. The van der Waals surface area contributed by atoms with Crippen molar-refractivity contribution in [3.05, 3.63) is 276 Å². The fourth-order valence-corrected chi connectivity index (χ4v) is 9.10. The Kier molecular flexibility index (Phi) is 11.0. The first-order chi connectivity index (χ1) is 33.6. The Labute approximate surface area is 396 Å². The quantitative estimate of drug-likeness (QED) is 0.0780. The van der Waals surface area contributed by atoms with Crippen LogP contribution >= 0.6 is 0 Å². The Balaban J connectivity index is 0.853. The van der Waals surface area contributed by atoms with E-state index in [-0.39, 0.29) is 0 Å². The van der Waals surface area contributed by atoms with Gasteiger partial charge in [0, 0.05) is 34.1 Å². The number of hydrogen-bond donors (Lipinski definition) is 0. The van der Waals surface area contributed by atoms with Crippen LogP contribution in [0, 0.1) is 17.9 Å². The zero-order chi connectivity index (χ0) is 45.8. The van der Waals surface area contributed by atoms with Crippen LogP contribution in [0.1, 0.15) is 22.3 Å². The van der Waals surface area contributed by atoms with Crippen LogP contribution in [0.3, 0.4) is 0 Å². The number of rotatable bonds is 10. The normalized spacial score (nSPS) is 11.7. The molecule has 11 rings (SSSR count). The Morgan fingerprint density at radius 1 is 0.353 bits per heavy atom. The molecule has 0 saturated heterocycles. The summed E-state index contributed by atoms with van der Waals surface area (Å²) in [5.74, 6) is 0. The van der Waals surface area contributed by atoms with Gasteiger partial charge in [0.05, 0.1) is 18.2 Å². The lowest BCUT2D eigenvalue weighted by Gasteiger charge is -2.26. The summed E-state index contributed by atoms with van der Waals surface area (Å²) in [6.45, 7) is 8.16. The van der Waals surface area contributed by atoms with Gasteiger partial charge in [-0.05, 0) is 150 Å². The third kappa shape index (κ3) is 8.34. The standard InChI is InChI=1S/C64H42N4/c1-66-64(52-28-32-59(33-29-52)68(62-36-26-49-12-4-8-16-55(49)42-62)63-37-27-50-13-5-9-17-56(50)43-63)39-46-20-18-45(19-21-46)38-57(44-65)51-22-30-58(31-23-51)67(60-34-24-47-10-2-6-14-53(47)40-60)61-35-25-48-11-3-7-15-54(48)41-61/h2-43H. The molecule has 0 aromatic heterocycles. The first-order valence-electron chi connectivity index (χ1n) is 22.6. The van der Waals surface area contributed by atoms with Crippen LogP contribution in [0.5, 0.6) is 0 Å². The van der Waals surface area contributed by atoms with Crippen molar-refractivity contribution in [2.75, 3.05) is 9.80 Å². The minimum absolute atomic E-state index is 0.544. The zero-order valence-corrected chi connectivity index (χ0v) is 37.0. The van der Waals surface area contributed by atoms with E-state index in [1.54, 1.807) is 0 Å². The van der Waals surface area contributed by atoms with E-state index in [1.807, 2.05) is 60.7 Å². The number of nitrogens with zero attached hydrogens (tertiary/aromatic N) is 4. The average molecular weight is 867 g/mol. The van der Waals surface area contributed by atoms with E-state index in [9.17, 15) is 5.26 Å². The van der Waals surface area contributed by atoms with Gasteiger partial charge in [0.25, 0.3) is 0 Å². The molecule has 4 nitrogen and oxygen atoms in total. The molecule has 4 heteroatoms. The highest BCUT2D eigenvalue weighted by Gasteiger charge is 2.17. The average Bonchev–Trinajstić information content (AvgIpc) is 3.40. The molecule has 0 aliphatic carbocycles. The van der Waals surface area contributed by atoms with Crippen LogP contribution in [0.15, 0.2) is 243 Å². The van der Waals surface area contributed by atoms with Gasteiger partial charge in [-0.3, -0.25) is 0 Å². The smallest absolute Gasteiger partial charge is 0.194 e. The Morgan fingerprint density at radius 3 is 1.00 bits per heavy atom. The molecular weight excluding hydrogens is 825 g/mol. The summed E-state index contributed by atoms with van der Waals surface area (Å²) in [4.78, 5) is 8.50. The van der Waals surface area contributed by atoms with Crippen molar-refractivity contribution in [1.29, 1.82) is 5.26 Å². The number of nitriles is 1. The van der Waals surface area contributed by atoms with Crippen LogP contribution in [0.25, 0.3) is 71.4 Å². The van der Waals surface area contributed by atoms with Gasteiger partial charge in [-0.15, -0.1) is 0 Å². The molecule has 0 unspecified atom stereocenters. The summed E-state index contributed by atoms with van der Waals surface area (Å²) in [5, 5.41) is 19.8. The highest BCUT2D eigenvalue weighted by Crippen LogP contribution is 2.40. The highest BCUT2D eigenvalue weighted by molar-refractivity contribution is 5.96. The van der Waals surface area contributed by atoms with E-state index in [0.717, 1.165) is 56.4 Å². The lowest BCUT2D eigenvalue weighted by Crippen LogP contribution is -2.10. The van der Waals surface area contributed by atoms with Gasteiger partial charge in [-0.1, -0.05) is 170 Å². The Hall–Kier alpha value is -9.48. The summed E-state index contributed by atoms with van der Waals surface area (Å²) in [5.41, 5.74) is 10.8. The predicted octanol–water partition coefficient (Wildman–Crippen LogP) is 17.7. The molecule has 0 atom stereocenters. The molecular formula is C64H42N4. The van der Waals surface area contributed by atoms with Crippen molar-refractivity contribution < 1.29 is 0 Å². The van der Waals surface area contributed by atoms with Crippen molar-refractivity contribution in [1.82, 2.24) is 0 Å². The highest BCUT2D eigenvalue weighted by atomic mass is 15.1. The number of hydrogen-bond acceptors (Lipinski definition) is 3. The van der Waals surface area contributed by atoms with Gasteiger partial charge in [-0.25, -0.2) is 4.85 Å². The second-order valence-corrected chi connectivity index (χ2v) is 16.9. The van der Waals surface area contributed by atoms with Gasteiger partial charge in [0.2, 0.25) is 0 Å². The fourth-order valence-electron chi connectivity index (χ4n) is 9.10. The molecule has 68 heavy (non-hydrogen) atoms. The molecule has 0 aliphatic rings. The van der Waals surface area contributed by atoms with Crippen LogP contribution < -0.4 is 9.80 Å². The second kappa shape index (κ2) is 18.2. The molecule has 0 N–H and O–H groups in total.